The molecule has 19 heavy (non-hydrogen) atoms. The van der Waals surface area contributed by atoms with Crippen molar-refractivity contribution in [2.24, 2.45) is 11.1 Å². The summed E-state index contributed by atoms with van der Waals surface area (Å²) in [6.07, 6.45) is 5.65. The smallest absolute Gasteiger partial charge is 0.144 e. The lowest BCUT2D eigenvalue weighted by atomic mass is 9.70. The van der Waals surface area contributed by atoms with Crippen LogP contribution in [0.4, 0.5) is 0 Å². The van der Waals surface area contributed by atoms with E-state index in [1.165, 1.54) is 6.42 Å². The molecule has 104 valence electrons. The number of carbonyl (C=O) groups is 1. The molecule has 0 bridgehead atoms. The number of halogens is 2. The number of nitrogens with two attached hydrogens (primary N) is 1. The topological polar surface area (TPSA) is 43.1 Å². The predicted molar refractivity (Wildman–Crippen MR) is 79.7 cm³/mol. The highest BCUT2D eigenvalue weighted by Gasteiger charge is 2.37. The lowest BCUT2D eigenvalue weighted by Crippen LogP contribution is -2.41. The average molecular weight is 300 g/mol. The summed E-state index contributed by atoms with van der Waals surface area (Å²) in [5.41, 5.74) is 6.48. The van der Waals surface area contributed by atoms with Crippen molar-refractivity contribution < 1.29 is 4.79 Å². The van der Waals surface area contributed by atoms with Gasteiger partial charge in [-0.3, -0.25) is 4.79 Å². The fourth-order valence-corrected chi connectivity index (χ4v) is 3.17. The Labute approximate surface area is 124 Å². The van der Waals surface area contributed by atoms with E-state index in [2.05, 4.69) is 0 Å². The Kier molecular flexibility index (Phi) is 4.88. The molecule has 2 nitrogen and oxygen atoms in total. The van der Waals surface area contributed by atoms with Gasteiger partial charge in [0.2, 0.25) is 0 Å². The molecule has 1 aromatic carbocycles. The number of ketones is 1. The first-order valence-corrected chi connectivity index (χ1v) is 7.50. The standard InChI is InChI=1S/C15H19Cl2NO/c16-12-5-4-11(8-13(12)17)9-14(19)15(10-18)6-2-1-3-7-15/h4-5,8H,1-3,6-7,9-10,18H2. The number of hydrogen-bond donors (Lipinski definition) is 1. The zero-order valence-electron chi connectivity index (χ0n) is 10.9. The molecule has 2 rings (SSSR count). The fourth-order valence-electron chi connectivity index (χ4n) is 2.85. The van der Waals surface area contributed by atoms with Gasteiger partial charge in [0.25, 0.3) is 0 Å². The molecular weight excluding hydrogens is 281 g/mol. The van der Waals surface area contributed by atoms with Crippen LogP contribution >= 0.6 is 23.2 Å². The lowest BCUT2D eigenvalue weighted by Gasteiger charge is -2.34. The van der Waals surface area contributed by atoms with Crippen molar-refractivity contribution >= 4 is 29.0 Å². The SMILES string of the molecule is NCC1(C(=O)Cc2ccc(Cl)c(Cl)c2)CCCCC1. The molecule has 0 spiro atoms. The Hall–Kier alpha value is -0.570. The van der Waals surface area contributed by atoms with Gasteiger partial charge in [-0.1, -0.05) is 48.5 Å². The Morgan fingerprint density at radius 2 is 1.84 bits per heavy atom. The first-order chi connectivity index (χ1) is 9.07. The molecule has 0 saturated heterocycles. The molecule has 2 N–H and O–H groups in total. The highest BCUT2D eigenvalue weighted by molar-refractivity contribution is 6.42. The zero-order chi connectivity index (χ0) is 13.9. The van der Waals surface area contributed by atoms with Gasteiger partial charge in [0.1, 0.15) is 5.78 Å². The van der Waals surface area contributed by atoms with Crippen molar-refractivity contribution in [1.82, 2.24) is 0 Å². The van der Waals surface area contributed by atoms with E-state index in [0.29, 0.717) is 23.0 Å². The Morgan fingerprint density at radius 1 is 1.16 bits per heavy atom. The van der Waals surface area contributed by atoms with Gasteiger partial charge in [0.05, 0.1) is 10.0 Å². The minimum atomic E-state index is -0.315. The van der Waals surface area contributed by atoms with Crippen LogP contribution < -0.4 is 5.73 Å². The van der Waals surface area contributed by atoms with E-state index in [4.69, 9.17) is 28.9 Å². The minimum absolute atomic E-state index is 0.244. The highest BCUT2D eigenvalue weighted by atomic mass is 35.5. The molecule has 0 heterocycles. The van der Waals surface area contributed by atoms with Crippen LogP contribution in [-0.2, 0) is 11.2 Å². The monoisotopic (exact) mass is 299 g/mol. The molecule has 4 heteroatoms. The molecule has 0 aromatic heterocycles. The van der Waals surface area contributed by atoms with Gasteiger partial charge < -0.3 is 5.73 Å². The summed E-state index contributed by atoms with van der Waals surface area (Å²) in [5, 5.41) is 1.02. The van der Waals surface area contributed by atoms with Crippen LogP contribution in [-0.4, -0.2) is 12.3 Å². The fraction of sp³-hybridized carbons (Fsp3) is 0.533. The molecule has 1 aliphatic rings. The van der Waals surface area contributed by atoms with Crippen LogP contribution in [0, 0.1) is 5.41 Å². The van der Waals surface area contributed by atoms with Gasteiger partial charge in [0, 0.05) is 18.4 Å². The van der Waals surface area contributed by atoms with E-state index in [-0.39, 0.29) is 11.2 Å². The quantitative estimate of drug-likeness (QED) is 0.912. The van der Waals surface area contributed by atoms with E-state index < -0.39 is 0 Å². The molecule has 0 amide bonds. The summed E-state index contributed by atoms with van der Waals surface area (Å²) in [6, 6.07) is 5.37. The second-order valence-corrected chi connectivity index (χ2v) is 6.21. The summed E-state index contributed by atoms with van der Waals surface area (Å²) >= 11 is 11.9. The Bertz CT molecular complexity index is 467. The normalized spacial score (nSPS) is 18.3. The van der Waals surface area contributed by atoms with Gasteiger partial charge in [-0.15, -0.1) is 0 Å². The van der Waals surface area contributed by atoms with E-state index in [1.807, 2.05) is 6.07 Å². The first kappa shape index (κ1) is 14.8. The van der Waals surface area contributed by atoms with Gasteiger partial charge in [-0.2, -0.15) is 0 Å². The van der Waals surface area contributed by atoms with Crippen LogP contribution in [0.1, 0.15) is 37.7 Å². The van der Waals surface area contributed by atoms with E-state index in [1.54, 1.807) is 12.1 Å². The van der Waals surface area contributed by atoms with E-state index >= 15 is 0 Å². The van der Waals surface area contributed by atoms with Crippen LogP contribution in [0.3, 0.4) is 0 Å². The molecular formula is C15H19Cl2NO. The van der Waals surface area contributed by atoms with Crippen molar-refractivity contribution in [3.05, 3.63) is 33.8 Å². The van der Waals surface area contributed by atoms with E-state index in [0.717, 1.165) is 31.2 Å². The van der Waals surface area contributed by atoms with Crippen LogP contribution in [0.2, 0.25) is 10.0 Å². The average Bonchev–Trinajstić information content (AvgIpc) is 2.43. The van der Waals surface area contributed by atoms with Gasteiger partial charge in [0.15, 0.2) is 0 Å². The summed E-state index contributed by atoms with van der Waals surface area (Å²) in [7, 11) is 0. The molecule has 0 radical (unpaired) electrons. The summed E-state index contributed by atoms with van der Waals surface area (Å²) in [4.78, 5) is 12.6. The number of carbonyl (C=O) groups excluding carboxylic acids is 1. The zero-order valence-corrected chi connectivity index (χ0v) is 12.4. The van der Waals surface area contributed by atoms with Gasteiger partial charge in [-0.25, -0.2) is 0 Å². The van der Waals surface area contributed by atoms with Crippen molar-refractivity contribution in [2.75, 3.05) is 6.54 Å². The van der Waals surface area contributed by atoms with E-state index in [9.17, 15) is 4.79 Å². The van der Waals surface area contributed by atoms with Crippen LogP contribution in [0.5, 0.6) is 0 Å². The Balaban J connectivity index is 2.12. The second-order valence-electron chi connectivity index (χ2n) is 5.39. The van der Waals surface area contributed by atoms with Crippen LogP contribution in [0.15, 0.2) is 18.2 Å². The van der Waals surface area contributed by atoms with Crippen molar-refractivity contribution in [1.29, 1.82) is 0 Å². The minimum Gasteiger partial charge on any atom is -0.329 e. The third-order valence-electron chi connectivity index (χ3n) is 4.14. The third-order valence-corrected chi connectivity index (χ3v) is 4.88. The molecule has 1 fully saturated rings. The molecule has 1 aliphatic carbocycles. The van der Waals surface area contributed by atoms with Crippen molar-refractivity contribution in [2.45, 2.75) is 38.5 Å². The summed E-state index contributed by atoms with van der Waals surface area (Å²) in [6.45, 7) is 0.452. The number of rotatable bonds is 4. The highest BCUT2D eigenvalue weighted by Crippen LogP contribution is 2.37. The predicted octanol–water partition coefficient (Wildman–Crippen LogP) is 4.01. The lowest BCUT2D eigenvalue weighted by molar-refractivity contribution is -0.129. The molecule has 1 saturated carbocycles. The maximum absolute atomic E-state index is 12.6. The summed E-state index contributed by atoms with van der Waals surface area (Å²) in [5.74, 6) is 0.244. The number of Topliss-reactive ketones (excluding diaryl/α,β-unsaturated/α-hetero) is 1. The molecule has 1 aromatic rings. The third kappa shape index (κ3) is 3.31. The number of benzene rings is 1. The summed E-state index contributed by atoms with van der Waals surface area (Å²) < 4.78 is 0. The molecule has 0 aliphatic heterocycles. The van der Waals surface area contributed by atoms with Crippen molar-refractivity contribution in [3.8, 4) is 0 Å². The maximum Gasteiger partial charge on any atom is 0.144 e. The molecule has 0 unspecified atom stereocenters. The maximum atomic E-state index is 12.6. The largest absolute Gasteiger partial charge is 0.329 e. The Morgan fingerprint density at radius 3 is 2.42 bits per heavy atom. The molecule has 0 atom stereocenters. The van der Waals surface area contributed by atoms with Gasteiger partial charge >= 0.3 is 0 Å². The number of hydrogen-bond acceptors (Lipinski definition) is 2. The second kappa shape index (κ2) is 6.25. The van der Waals surface area contributed by atoms with Gasteiger partial charge in [-0.05, 0) is 30.5 Å². The first-order valence-electron chi connectivity index (χ1n) is 6.75. The van der Waals surface area contributed by atoms with Crippen molar-refractivity contribution in [3.63, 3.8) is 0 Å². The van der Waals surface area contributed by atoms with Crippen LogP contribution in [0.25, 0.3) is 0 Å².